The van der Waals surface area contributed by atoms with Crippen LogP contribution in [0.3, 0.4) is 0 Å². The SMILES string of the molecule is C=C(Nc1ccccc1)C(C)C. The molecule has 1 rings (SSSR count). The Hall–Kier alpha value is -1.24. The number of nitrogens with one attached hydrogen (secondary N) is 1. The van der Waals surface area contributed by atoms with E-state index in [9.17, 15) is 0 Å². The number of hydrogen-bond donors (Lipinski definition) is 1. The molecule has 1 N–H and O–H groups in total. The molecule has 1 aromatic rings. The maximum absolute atomic E-state index is 3.94. The maximum atomic E-state index is 3.94. The van der Waals surface area contributed by atoms with E-state index in [1.807, 2.05) is 30.3 Å². The molecule has 1 heteroatoms. The van der Waals surface area contributed by atoms with Crippen molar-refractivity contribution < 1.29 is 0 Å². The van der Waals surface area contributed by atoms with Gasteiger partial charge in [-0.2, -0.15) is 0 Å². The molecule has 1 nitrogen and oxygen atoms in total. The molecule has 1 aromatic carbocycles. The van der Waals surface area contributed by atoms with Crippen LogP contribution in [0.25, 0.3) is 0 Å². The maximum Gasteiger partial charge on any atom is 0.0381 e. The third kappa shape index (κ3) is 2.42. The van der Waals surface area contributed by atoms with Crippen molar-refractivity contribution in [2.75, 3.05) is 5.32 Å². The van der Waals surface area contributed by atoms with Gasteiger partial charge in [-0.15, -0.1) is 0 Å². The van der Waals surface area contributed by atoms with Gasteiger partial charge in [0, 0.05) is 11.4 Å². The van der Waals surface area contributed by atoms with Crippen molar-refractivity contribution in [3.63, 3.8) is 0 Å². The van der Waals surface area contributed by atoms with E-state index in [0.29, 0.717) is 5.92 Å². The summed E-state index contributed by atoms with van der Waals surface area (Å²) in [6, 6.07) is 10.1. The first-order chi connectivity index (χ1) is 5.70. The van der Waals surface area contributed by atoms with E-state index in [1.165, 1.54) is 0 Å². The molecular weight excluding hydrogens is 146 g/mol. The Morgan fingerprint density at radius 2 is 1.83 bits per heavy atom. The third-order valence-electron chi connectivity index (χ3n) is 1.78. The molecule has 0 spiro atoms. The van der Waals surface area contributed by atoms with Gasteiger partial charge in [0.25, 0.3) is 0 Å². The number of allylic oxidation sites excluding steroid dienone is 1. The second-order valence-corrected chi connectivity index (χ2v) is 3.17. The third-order valence-corrected chi connectivity index (χ3v) is 1.78. The number of benzene rings is 1. The number of hydrogen-bond acceptors (Lipinski definition) is 1. The van der Waals surface area contributed by atoms with Crippen LogP contribution in [0.4, 0.5) is 5.69 Å². The predicted octanol–water partition coefficient (Wildman–Crippen LogP) is 3.27. The molecule has 0 amide bonds. The highest BCUT2D eigenvalue weighted by atomic mass is 14.9. The second kappa shape index (κ2) is 3.96. The van der Waals surface area contributed by atoms with Crippen LogP contribution in [0.15, 0.2) is 42.6 Å². The van der Waals surface area contributed by atoms with Gasteiger partial charge in [-0.1, -0.05) is 38.6 Å². The monoisotopic (exact) mass is 161 g/mol. The molecule has 0 fully saturated rings. The van der Waals surface area contributed by atoms with Crippen molar-refractivity contribution in [1.29, 1.82) is 0 Å². The first kappa shape index (κ1) is 8.85. The Bertz CT molecular complexity index is 249. The Morgan fingerprint density at radius 3 is 2.33 bits per heavy atom. The molecule has 0 saturated carbocycles. The van der Waals surface area contributed by atoms with Gasteiger partial charge < -0.3 is 5.32 Å². The van der Waals surface area contributed by atoms with Crippen LogP contribution in [0.5, 0.6) is 0 Å². The fourth-order valence-electron chi connectivity index (χ4n) is 0.851. The van der Waals surface area contributed by atoms with Gasteiger partial charge >= 0.3 is 0 Å². The van der Waals surface area contributed by atoms with Crippen molar-refractivity contribution in [1.82, 2.24) is 0 Å². The molecule has 0 aliphatic heterocycles. The molecule has 64 valence electrons. The summed E-state index contributed by atoms with van der Waals surface area (Å²) in [5, 5.41) is 3.25. The molecule has 0 heterocycles. The molecular formula is C11H15N. The largest absolute Gasteiger partial charge is 0.359 e. The smallest absolute Gasteiger partial charge is 0.0381 e. The number of anilines is 1. The highest BCUT2D eigenvalue weighted by Crippen LogP contribution is 2.12. The Labute approximate surface area is 74.1 Å². The molecule has 0 atom stereocenters. The molecule has 0 bridgehead atoms. The van der Waals surface area contributed by atoms with Crippen molar-refractivity contribution in [2.24, 2.45) is 5.92 Å². The molecule has 0 saturated heterocycles. The number of para-hydroxylation sites is 1. The predicted molar refractivity (Wildman–Crippen MR) is 54.0 cm³/mol. The van der Waals surface area contributed by atoms with E-state index < -0.39 is 0 Å². The van der Waals surface area contributed by atoms with Gasteiger partial charge in [0.05, 0.1) is 0 Å². The summed E-state index contributed by atoms with van der Waals surface area (Å²) in [5.74, 6) is 0.477. The van der Waals surface area contributed by atoms with Crippen molar-refractivity contribution >= 4 is 5.69 Å². The van der Waals surface area contributed by atoms with Crippen molar-refractivity contribution in [2.45, 2.75) is 13.8 Å². The minimum atomic E-state index is 0.477. The Morgan fingerprint density at radius 1 is 1.25 bits per heavy atom. The van der Waals surface area contributed by atoms with Crippen LogP contribution in [0.1, 0.15) is 13.8 Å². The molecule has 0 unspecified atom stereocenters. The fraction of sp³-hybridized carbons (Fsp3) is 0.273. The Kier molecular flexibility index (Phi) is 2.92. The van der Waals surface area contributed by atoms with Gasteiger partial charge in [0.2, 0.25) is 0 Å². The average molecular weight is 161 g/mol. The van der Waals surface area contributed by atoms with Crippen LogP contribution in [-0.4, -0.2) is 0 Å². The highest BCUT2D eigenvalue weighted by Gasteiger charge is 1.98. The number of rotatable bonds is 3. The van der Waals surface area contributed by atoms with E-state index in [1.54, 1.807) is 0 Å². The summed E-state index contributed by atoms with van der Waals surface area (Å²) in [5.41, 5.74) is 2.16. The van der Waals surface area contributed by atoms with Gasteiger partial charge in [-0.3, -0.25) is 0 Å². The van der Waals surface area contributed by atoms with E-state index in [-0.39, 0.29) is 0 Å². The van der Waals surface area contributed by atoms with Gasteiger partial charge in [0.1, 0.15) is 0 Å². The van der Waals surface area contributed by atoms with E-state index >= 15 is 0 Å². The fourth-order valence-corrected chi connectivity index (χ4v) is 0.851. The van der Waals surface area contributed by atoms with Crippen LogP contribution >= 0.6 is 0 Å². The second-order valence-electron chi connectivity index (χ2n) is 3.17. The lowest BCUT2D eigenvalue weighted by molar-refractivity contribution is 0.778. The zero-order valence-corrected chi connectivity index (χ0v) is 7.67. The quantitative estimate of drug-likeness (QED) is 0.717. The summed E-state index contributed by atoms with van der Waals surface area (Å²) in [6.45, 7) is 8.18. The molecule has 0 aliphatic carbocycles. The first-order valence-corrected chi connectivity index (χ1v) is 4.21. The average Bonchev–Trinajstić information content (AvgIpc) is 2.06. The minimum absolute atomic E-state index is 0.477. The topological polar surface area (TPSA) is 12.0 Å². The van der Waals surface area contributed by atoms with E-state index in [2.05, 4.69) is 25.7 Å². The Balaban J connectivity index is 2.59. The standard InChI is InChI=1S/C11H15N/c1-9(2)10(3)12-11-7-5-4-6-8-11/h4-9,12H,3H2,1-2H3. The van der Waals surface area contributed by atoms with Gasteiger partial charge in [-0.25, -0.2) is 0 Å². The van der Waals surface area contributed by atoms with Gasteiger partial charge in [-0.05, 0) is 18.1 Å². The zero-order chi connectivity index (χ0) is 8.97. The summed E-state index contributed by atoms with van der Waals surface area (Å²) in [6.07, 6.45) is 0. The molecule has 0 aromatic heterocycles. The summed E-state index contributed by atoms with van der Waals surface area (Å²) >= 11 is 0. The molecule has 12 heavy (non-hydrogen) atoms. The minimum Gasteiger partial charge on any atom is -0.359 e. The van der Waals surface area contributed by atoms with Crippen LogP contribution in [-0.2, 0) is 0 Å². The van der Waals surface area contributed by atoms with Crippen LogP contribution in [0.2, 0.25) is 0 Å². The van der Waals surface area contributed by atoms with Crippen LogP contribution < -0.4 is 5.32 Å². The summed E-state index contributed by atoms with van der Waals surface area (Å²) < 4.78 is 0. The molecule has 0 radical (unpaired) electrons. The summed E-state index contributed by atoms with van der Waals surface area (Å²) in [4.78, 5) is 0. The normalized spacial score (nSPS) is 9.92. The van der Waals surface area contributed by atoms with Crippen molar-refractivity contribution in [3.8, 4) is 0 Å². The lowest BCUT2D eigenvalue weighted by Gasteiger charge is -2.11. The van der Waals surface area contributed by atoms with Crippen molar-refractivity contribution in [3.05, 3.63) is 42.6 Å². The lowest BCUT2D eigenvalue weighted by Crippen LogP contribution is -2.03. The van der Waals surface area contributed by atoms with E-state index in [4.69, 9.17) is 0 Å². The van der Waals surface area contributed by atoms with Gasteiger partial charge in [0.15, 0.2) is 0 Å². The molecule has 0 aliphatic rings. The van der Waals surface area contributed by atoms with Crippen LogP contribution in [0, 0.1) is 5.92 Å². The zero-order valence-electron chi connectivity index (χ0n) is 7.67. The summed E-state index contributed by atoms with van der Waals surface area (Å²) in [7, 11) is 0. The lowest BCUT2D eigenvalue weighted by atomic mass is 10.1. The highest BCUT2D eigenvalue weighted by molar-refractivity contribution is 5.47. The first-order valence-electron chi connectivity index (χ1n) is 4.21. The van der Waals surface area contributed by atoms with E-state index in [0.717, 1.165) is 11.4 Å².